The van der Waals surface area contributed by atoms with Crippen molar-refractivity contribution in [3.63, 3.8) is 0 Å². The lowest BCUT2D eigenvalue weighted by molar-refractivity contribution is -0.438. The fraction of sp³-hybridized carbons (Fsp3) is 0.630. The molecular weight excluding hydrogens is 925 g/mol. The maximum absolute atomic E-state index is 13.4. The fourth-order valence-corrected chi connectivity index (χ4v) is 10.1. The summed E-state index contributed by atoms with van der Waals surface area (Å²) in [6.45, 7) is 10.3. The highest BCUT2D eigenvalue weighted by atomic mass is 32.2. The third kappa shape index (κ3) is 17.7. The zero-order valence-electron chi connectivity index (χ0n) is 39.3. The van der Waals surface area contributed by atoms with Crippen molar-refractivity contribution in [2.75, 3.05) is 37.7 Å². The van der Waals surface area contributed by atoms with Crippen LogP contribution in [-0.2, 0) is 48.7 Å². The Morgan fingerprint density at radius 2 is 1.79 bits per heavy atom. The molecule has 1 aromatic rings. The molecule has 0 aromatic heterocycles. The van der Waals surface area contributed by atoms with Gasteiger partial charge in [0, 0.05) is 96.1 Å². The van der Waals surface area contributed by atoms with Crippen molar-refractivity contribution in [2.45, 2.75) is 147 Å². The molecule has 0 saturated carbocycles. The maximum Gasteiger partial charge on any atom is 0.264 e. The van der Waals surface area contributed by atoms with Gasteiger partial charge in [-0.25, -0.2) is 10.5 Å². The van der Waals surface area contributed by atoms with Crippen molar-refractivity contribution < 1.29 is 61.2 Å². The van der Waals surface area contributed by atoms with E-state index in [0.29, 0.717) is 94.6 Å². The number of unbranched alkanes of at least 4 members (excludes halogenated alkanes) is 3. The zero-order valence-corrected chi connectivity index (χ0v) is 41.8. The van der Waals surface area contributed by atoms with E-state index in [1.54, 1.807) is 0 Å². The van der Waals surface area contributed by atoms with E-state index >= 15 is 0 Å². The molecule has 0 fully saturated rings. The molecule has 67 heavy (non-hydrogen) atoms. The molecule has 21 heteroatoms. The highest BCUT2D eigenvalue weighted by molar-refractivity contribution is 7.94. The lowest BCUT2D eigenvalue weighted by Gasteiger charge is -2.29. The maximum atomic E-state index is 13.4. The SMILES string of the molecule is CCCCCCNC(=O)C1CCCCNC(=O)CCC2(C)C(C)=NN(CCCSOOO)/C2=C/C=C/C=C/C2=[N+](CCCCCC(=O)N1)c1ccc(SOOO)cc1C2(C)CCCS(=O)(=O)O. The monoisotopic (exact) mass is 995 g/mol. The molecule has 18 nitrogen and oxygen atoms in total. The second kappa shape index (κ2) is 28.8. The van der Waals surface area contributed by atoms with Crippen LogP contribution in [0.25, 0.3) is 0 Å². The molecule has 0 spiro atoms. The van der Waals surface area contributed by atoms with Gasteiger partial charge in [-0.1, -0.05) is 54.5 Å². The van der Waals surface area contributed by atoms with Gasteiger partial charge < -0.3 is 16.0 Å². The quantitative estimate of drug-likeness (QED) is 0.0192. The molecule has 3 aliphatic heterocycles. The molecule has 1 aromatic carbocycles. The molecular formula is C46H71N6O12S3+. The Morgan fingerprint density at radius 3 is 2.55 bits per heavy atom. The minimum atomic E-state index is -4.23. The number of nitrogens with zero attached hydrogens (tertiary/aromatic N) is 3. The predicted molar refractivity (Wildman–Crippen MR) is 260 cm³/mol. The van der Waals surface area contributed by atoms with E-state index in [1.807, 2.05) is 67.4 Å². The summed E-state index contributed by atoms with van der Waals surface area (Å²) in [5.41, 5.74) is 3.15. The first-order valence-corrected chi connectivity index (χ1v) is 26.6. The lowest BCUT2D eigenvalue weighted by Crippen LogP contribution is -2.47. The van der Waals surface area contributed by atoms with Crippen LogP contribution in [0.1, 0.15) is 136 Å². The van der Waals surface area contributed by atoms with Crippen molar-refractivity contribution in [3.05, 3.63) is 59.8 Å². The van der Waals surface area contributed by atoms with Gasteiger partial charge in [0.1, 0.15) is 12.6 Å². The molecule has 0 aliphatic carbocycles. The summed E-state index contributed by atoms with van der Waals surface area (Å²) in [7, 11) is -4.23. The molecule has 374 valence electrons. The van der Waals surface area contributed by atoms with E-state index in [4.69, 9.17) is 19.9 Å². The third-order valence-corrected chi connectivity index (χ3v) is 14.6. The number of carbonyl (C=O) groups is 3. The van der Waals surface area contributed by atoms with Gasteiger partial charge in [-0.15, -0.1) is 8.67 Å². The van der Waals surface area contributed by atoms with E-state index in [2.05, 4.69) is 48.8 Å². The molecule has 0 saturated heterocycles. The van der Waals surface area contributed by atoms with Crippen molar-refractivity contribution >= 4 is 69.0 Å². The fourth-order valence-electron chi connectivity index (χ4n) is 8.81. The van der Waals surface area contributed by atoms with Crippen molar-refractivity contribution in [3.8, 4) is 0 Å². The number of allylic oxidation sites excluding steroid dienone is 6. The standard InChI is InChI=1S/C46H70N6O12S3/c1-5-6-7-14-29-48-44(55)38-19-13-15-28-47-42(53)25-27-45(3)35(2)50-52(31-18-32-65-63-61-56)41(45)21-11-8-10-20-40-46(4,26-17-33-67(58,59)60)37-34-36(66-64-62-57)23-24-39(37)51(40)30-16-9-12-22-43(54)49-38/h8,10-11,20-21,23-24,34,38H,5-7,9,12-19,22,25-33H2,1-4H3,(H5-,47,48,49,53,54,55,56,57,58,59,60)/p+1. The smallest absolute Gasteiger partial charge is 0.264 e. The number of benzene rings is 1. The summed E-state index contributed by atoms with van der Waals surface area (Å²) in [5, 5.41) is 40.9. The van der Waals surface area contributed by atoms with E-state index in [1.165, 1.54) is 0 Å². The first-order chi connectivity index (χ1) is 32.2. The Labute approximate surface area is 404 Å². The molecule has 3 atom stereocenters. The second-order valence-corrected chi connectivity index (χ2v) is 20.7. The number of nitrogens with one attached hydrogen (secondary N) is 3. The number of carbonyl (C=O) groups excluding carboxylic acids is 3. The number of rotatable bonds is 19. The average molecular weight is 996 g/mol. The number of amides is 3. The van der Waals surface area contributed by atoms with E-state index in [0.717, 1.165) is 78.1 Å². The first-order valence-electron chi connectivity index (χ1n) is 23.4. The van der Waals surface area contributed by atoms with Crippen LogP contribution in [0.3, 0.4) is 0 Å². The van der Waals surface area contributed by atoms with Gasteiger partial charge in [0.25, 0.3) is 10.1 Å². The Hall–Kier alpha value is -3.64. The Bertz CT molecular complexity index is 2070. The predicted octanol–water partition coefficient (Wildman–Crippen LogP) is 8.11. The topological polar surface area (TPSA) is 238 Å². The number of hydrogen-bond acceptors (Lipinski definition) is 15. The molecule has 0 radical (unpaired) electrons. The summed E-state index contributed by atoms with van der Waals surface area (Å²) in [5.74, 6) is -0.384. The minimum Gasteiger partial charge on any atom is -0.356 e. The molecule has 3 unspecified atom stereocenters. The normalized spacial score (nSPS) is 24.5. The summed E-state index contributed by atoms with van der Waals surface area (Å²) < 4.78 is 45.0. The number of hydrogen-bond donors (Lipinski definition) is 6. The highest BCUT2D eigenvalue weighted by Gasteiger charge is 2.47. The average Bonchev–Trinajstić information content (AvgIpc) is 3.66. The number of fused-ring (bicyclic) bond motifs is 3. The van der Waals surface area contributed by atoms with Crippen molar-refractivity contribution in [1.82, 2.24) is 21.0 Å². The summed E-state index contributed by atoms with van der Waals surface area (Å²) >= 11 is 1.79. The molecule has 4 rings (SSSR count). The van der Waals surface area contributed by atoms with Crippen LogP contribution in [0.15, 0.2) is 64.3 Å². The van der Waals surface area contributed by atoms with Crippen LogP contribution >= 0.6 is 24.1 Å². The Balaban J connectivity index is 1.70. The molecule has 6 N–H and O–H groups in total. The van der Waals surface area contributed by atoms with Gasteiger partial charge in [0.05, 0.1) is 23.2 Å². The van der Waals surface area contributed by atoms with Gasteiger partial charge in [0.15, 0.2) is 5.71 Å². The van der Waals surface area contributed by atoms with E-state index < -0.39 is 32.7 Å². The summed E-state index contributed by atoms with van der Waals surface area (Å²) in [6, 6.07) is 5.01. The zero-order chi connectivity index (χ0) is 48.7. The van der Waals surface area contributed by atoms with Gasteiger partial charge in [-0.2, -0.15) is 18.1 Å². The van der Waals surface area contributed by atoms with E-state index in [9.17, 15) is 27.4 Å². The van der Waals surface area contributed by atoms with Crippen LogP contribution in [0.4, 0.5) is 5.69 Å². The van der Waals surface area contributed by atoms with Crippen molar-refractivity contribution in [2.24, 2.45) is 10.5 Å². The Kier molecular flexibility index (Phi) is 24.0. The molecule has 3 amide bonds. The molecule has 3 aliphatic rings. The Morgan fingerprint density at radius 1 is 0.985 bits per heavy atom. The highest BCUT2D eigenvalue weighted by Crippen LogP contribution is 2.46. The lowest BCUT2D eigenvalue weighted by atomic mass is 9.76. The van der Waals surface area contributed by atoms with Crippen LogP contribution in [0, 0.1) is 5.41 Å². The molecule has 0 bridgehead atoms. The summed E-state index contributed by atoms with van der Waals surface area (Å²) in [4.78, 5) is 40.6. The van der Waals surface area contributed by atoms with Gasteiger partial charge >= 0.3 is 0 Å². The van der Waals surface area contributed by atoms with E-state index in [-0.39, 0.29) is 37.0 Å². The third-order valence-electron chi connectivity index (χ3n) is 12.6. The largest absolute Gasteiger partial charge is 0.356 e. The first kappa shape index (κ1) is 56.0. The number of hydrazone groups is 1. The molecule has 3 heterocycles. The van der Waals surface area contributed by atoms with Gasteiger partial charge in [-0.3, -0.25) is 23.9 Å². The second-order valence-electron chi connectivity index (χ2n) is 17.5. The minimum absolute atomic E-state index is 0.0956. The van der Waals surface area contributed by atoms with Crippen LogP contribution in [0.2, 0.25) is 0 Å². The van der Waals surface area contributed by atoms with Crippen molar-refractivity contribution in [1.29, 1.82) is 0 Å². The van der Waals surface area contributed by atoms with Crippen LogP contribution in [-0.4, -0.2) is 106 Å². The van der Waals surface area contributed by atoms with Gasteiger partial charge in [0.2, 0.25) is 23.4 Å². The van der Waals surface area contributed by atoms with Gasteiger partial charge in [-0.05, 0) is 103 Å². The summed E-state index contributed by atoms with van der Waals surface area (Å²) in [6.07, 6.45) is 19.7. The van der Waals surface area contributed by atoms with Crippen LogP contribution in [0.5, 0.6) is 0 Å². The van der Waals surface area contributed by atoms with Crippen LogP contribution < -0.4 is 16.0 Å².